The maximum absolute atomic E-state index is 11.9. The molecule has 4 nitrogen and oxygen atoms in total. The van der Waals surface area contributed by atoms with Gasteiger partial charge in [-0.2, -0.15) is 0 Å². The highest BCUT2D eigenvalue weighted by molar-refractivity contribution is 7.89. The van der Waals surface area contributed by atoms with Gasteiger partial charge >= 0.3 is 0 Å². The van der Waals surface area contributed by atoms with E-state index in [0.717, 1.165) is 19.5 Å². The molecule has 0 aromatic carbocycles. The minimum absolute atomic E-state index is 0.165. The van der Waals surface area contributed by atoms with Crippen LogP contribution in [0.4, 0.5) is 0 Å². The number of rotatable bonds is 10. The summed E-state index contributed by atoms with van der Waals surface area (Å²) in [6.45, 7) is 8.35. The van der Waals surface area contributed by atoms with Crippen molar-refractivity contribution in [2.45, 2.75) is 39.0 Å². The van der Waals surface area contributed by atoms with Gasteiger partial charge in [0, 0.05) is 16.8 Å². The van der Waals surface area contributed by atoms with Gasteiger partial charge in [-0.15, -0.1) is 11.3 Å². The van der Waals surface area contributed by atoms with Gasteiger partial charge in [0.1, 0.15) is 0 Å². The summed E-state index contributed by atoms with van der Waals surface area (Å²) in [6.07, 6.45) is 1.72. The molecule has 1 aromatic heterocycles. The Morgan fingerprint density at radius 3 is 2.65 bits per heavy atom. The van der Waals surface area contributed by atoms with Gasteiger partial charge in [0.15, 0.2) is 0 Å². The zero-order valence-electron chi connectivity index (χ0n) is 12.6. The molecule has 0 radical (unpaired) electrons. The van der Waals surface area contributed by atoms with Crippen molar-refractivity contribution in [1.82, 2.24) is 10.0 Å². The van der Waals surface area contributed by atoms with Gasteiger partial charge in [-0.05, 0) is 37.4 Å². The molecule has 20 heavy (non-hydrogen) atoms. The lowest BCUT2D eigenvalue weighted by Gasteiger charge is -2.23. The van der Waals surface area contributed by atoms with E-state index < -0.39 is 10.0 Å². The predicted molar refractivity (Wildman–Crippen MR) is 86.9 cm³/mol. The highest BCUT2D eigenvalue weighted by Crippen LogP contribution is 2.26. The molecule has 116 valence electrons. The lowest BCUT2D eigenvalue weighted by atomic mass is 9.92. The SMILES string of the molecule is CCCNCCCS(=O)(=O)NCC(C)(C)c1cccs1. The molecule has 0 amide bonds. The van der Waals surface area contributed by atoms with Crippen LogP contribution in [0.1, 0.15) is 38.5 Å². The van der Waals surface area contributed by atoms with E-state index in [2.05, 4.69) is 30.8 Å². The van der Waals surface area contributed by atoms with Gasteiger partial charge in [0.25, 0.3) is 0 Å². The van der Waals surface area contributed by atoms with Crippen molar-refractivity contribution in [1.29, 1.82) is 0 Å². The van der Waals surface area contributed by atoms with Crippen LogP contribution in [0.25, 0.3) is 0 Å². The second-order valence-corrected chi connectivity index (χ2v) is 8.48. The molecule has 1 aromatic rings. The van der Waals surface area contributed by atoms with Crippen molar-refractivity contribution in [2.24, 2.45) is 0 Å². The van der Waals surface area contributed by atoms with Crippen molar-refractivity contribution in [3.8, 4) is 0 Å². The van der Waals surface area contributed by atoms with E-state index in [1.54, 1.807) is 11.3 Å². The summed E-state index contributed by atoms with van der Waals surface area (Å²) >= 11 is 1.66. The molecule has 0 bridgehead atoms. The molecule has 2 N–H and O–H groups in total. The van der Waals surface area contributed by atoms with Crippen LogP contribution in [0.15, 0.2) is 17.5 Å². The molecule has 0 aliphatic carbocycles. The molecule has 0 fully saturated rings. The van der Waals surface area contributed by atoms with E-state index in [9.17, 15) is 8.42 Å². The summed E-state index contributed by atoms with van der Waals surface area (Å²) in [5, 5.41) is 5.23. The highest BCUT2D eigenvalue weighted by atomic mass is 32.2. The Morgan fingerprint density at radius 2 is 2.05 bits per heavy atom. The summed E-state index contributed by atoms with van der Waals surface area (Å²) in [5.41, 5.74) is -0.165. The fourth-order valence-electron chi connectivity index (χ4n) is 1.80. The van der Waals surface area contributed by atoms with Crippen molar-refractivity contribution >= 4 is 21.4 Å². The maximum Gasteiger partial charge on any atom is 0.211 e. The summed E-state index contributed by atoms with van der Waals surface area (Å²) in [5.74, 6) is 0.185. The van der Waals surface area contributed by atoms with Crippen molar-refractivity contribution in [3.63, 3.8) is 0 Å². The lowest BCUT2D eigenvalue weighted by molar-refractivity contribution is 0.508. The van der Waals surface area contributed by atoms with Gasteiger partial charge in [0.2, 0.25) is 10.0 Å². The second-order valence-electron chi connectivity index (χ2n) is 5.60. The van der Waals surface area contributed by atoms with Crippen molar-refractivity contribution < 1.29 is 8.42 Å². The van der Waals surface area contributed by atoms with Crippen LogP contribution >= 0.6 is 11.3 Å². The highest BCUT2D eigenvalue weighted by Gasteiger charge is 2.24. The first-order chi connectivity index (χ1) is 9.37. The third-order valence-electron chi connectivity index (χ3n) is 3.12. The van der Waals surface area contributed by atoms with E-state index in [1.807, 2.05) is 17.5 Å². The molecule has 0 unspecified atom stereocenters. The molecule has 0 atom stereocenters. The van der Waals surface area contributed by atoms with Crippen LogP contribution in [0.5, 0.6) is 0 Å². The molecular weight excluding hydrogens is 292 g/mol. The quantitative estimate of drug-likeness (QED) is 0.651. The van der Waals surface area contributed by atoms with E-state index >= 15 is 0 Å². The Morgan fingerprint density at radius 1 is 1.30 bits per heavy atom. The molecular formula is C14H26N2O2S2. The van der Waals surface area contributed by atoms with Gasteiger partial charge < -0.3 is 5.32 Å². The fourth-order valence-corrected chi connectivity index (χ4v) is 3.90. The van der Waals surface area contributed by atoms with E-state index in [1.165, 1.54) is 4.88 Å². The molecule has 0 saturated carbocycles. The lowest BCUT2D eigenvalue weighted by Crippen LogP contribution is -2.37. The molecule has 1 heterocycles. The smallest absolute Gasteiger partial charge is 0.211 e. The summed E-state index contributed by atoms with van der Waals surface area (Å²) in [6, 6.07) is 4.04. The summed E-state index contributed by atoms with van der Waals surface area (Å²) in [4.78, 5) is 1.20. The predicted octanol–water partition coefficient (Wildman–Crippen LogP) is 2.33. The minimum Gasteiger partial charge on any atom is -0.317 e. The van der Waals surface area contributed by atoms with Crippen LogP contribution in [0.3, 0.4) is 0 Å². The number of thiophene rings is 1. The zero-order chi connectivity index (χ0) is 15.1. The standard InChI is InChI=1S/C14H26N2O2S2/c1-4-8-15-9-6-11-20(17,18)16-12-14(2,3)13-7-5-10-19-13/h5,7,10,15-16H,4,6,8-9,11-12H2,1-3H3. The van der Waals surface area contributed by atoms with Gasteiger partial charge in [-0.25, -0.2) is 13.1 Å². The topological polar surface area (TPSA) is 58.2 Å². The van der Waals surface area contributed by atoms with Gasteiger partial charge in [0.05, 0.1) is 5.75 Å². The number of hydrogen-bond acceptors (Lipinski definition) is 4. The van der Waals surface area contributed by atoms with Crippen molar-refractivity contribution in [2.75, 3.05) is 25.4 Å². The average molecular weight is 319 g/mol. The normalized spacial score (nSPS) is 12.8. The van der Waals surface area contributed by atoms with Crippen LogP contribution in [0.2, 0.25) is 0 Å². The maximum atomic E-state index is 11.9. The zero-order valence-corrected chi connectivity index (χ0v) is 14.2. The summed E-state index contributed by atoms with van der Waals surface area (Å²) < 4.78 is 26.6. The molecule has 0 aliphatic rings. The van der Waals surface area contributed by atoms with Crippen LogP contribution in [-0.4, -0.2) is 33.8 Å². The van der Waals surface area contributed by atoms with Gasteiger partial charge in [-0.1, -0.05) is 26.8 Å². The molecule has 0 saturated heterocycles. The largest absolute Gasteiger partial charge is 0.317 e. The molecule has 1 rings (SSSR count). The fraction of sp³-hybridized carbons (Fsp3) is 0.714. The Labute approximate surface area is 127 Å². The van der Waals surface area contributed by atoms with Crippen LogP contribution < -0.4 is 10.0 Å². The van der Waals surface area contributed by atoms with E-state index in [4.69, 9.17) is 0 Å². The Hall–Kier alpha value is -0.430. The monoisotopic (exact) mass is 318 g/mol. The van der Waals surface area contributed by atoms with E-state index in [-0.39, 0.29) is 11.2 Å². The molecule has 0 aliphatic heterocycles. The third-order valence-corrected chi connectivity index (χ3v) is 5.76. The Balaban J connectivity index is 2.36. The summed E-state index contributed by atoms with van der Waals surface area (Å²) in [7, 11) is -3.18. The van der Waals surface area contributed by atoms with Gasteiger partial charge in [-0.3, -0.25) is 0 Å². The first kappa shape index (κ1) is 17.6. The number of nitrogens with one attached hydrogen (secondary N) is 2. The molecule has 0 spiro atoms. The van der Waals surface area contributed by atoms with Crippen molar-refractivity contribution in [3.05, 3.63) is 22.4 Å². The van der Waals surface area contributed by atoms with E-state index in [0.29, 0.717) is 13.0 Å². The first-order valence-electron chi connectivity index (χ1n) is 7.09. The number of hydrogen-bond donors (Lipinski definition) is 2. The number of sulfonamides is 1. The first-order valence-corrected chi connectivity index (χ1v) is 9.62. The Kier molecular flexibility index (Phi) is 7.15. The third kappa shape index (κ3) is 6.35. The second kappa shape index (κ2) is 8.12. The van der Waals surface area contributed by atoms with Crippen LogP contribution in [-0.2, 0) is 15.4 Å². The Bertz CT molecular complexity index is 467. The average Bonchev–Trinajstić information content (AvgIpc) is 2.91. The van der Waals surface area contributed by atoms with Crippen LogP contribution in [0, 0.1) is 0 Å². The minimum atomic E-state index is -3.18. The molecule has 6 heteroatoms.